The van der Waals surface area contributed by atoms with Crippen LogP contribution in [0.5, 0.6) is 0 Å². The molecule has 0 aliphatic carbocycles. The van der Waals surface area contributed by atoms with Crippen molar-refractivity contribution in [2.75, 3.05) is 0 Å². The van der Waals surface area contributed by atoms with Crippen LogP contribution in [-0.4, -0.2) is 14.7 Å². The maximum Gasteiger partial charge on any atom is 0.115 e. The summed E-state index contributed by atoms with van der Waals surface area (Å²) in [6.45, 7) is 1.61. The van der Waals surface area contributed by atoms with Crippen LogP contribution in [0.3, 0.4) is 0 Å². The van der Waals surface area contributed by atoms with Gasteiger partial charge in [-0.25, -0.2) is 10.4 Å². The molecule has 1 aliphatic rings. The lowest BCUT2D eigenvalue weighted by atomic mass is 10.00. The molecule has 0 amide bonds. The van der Waals surface area contributed by atoms with Crippen molar-refractivity contribution in [2.24, 2.45) is 0 Å². The van der Waals surface area contributed by atoms with E-state index >= 15 is 0 Å². The van der Waals surface area contributed by atoms with Crippen LogP contribution in [0.2, 0.25) is 0 Å². The van der Waals surface area contributed by atoms with Gasteiger partial charge in [-0.2, -0.15) is 5.12 Å². The normalized spacial score (nSPS) is 15.6. The number of benzene rings is 7. The van der Waals surface area contributed by atoms with Crippen LogP contribution in [-0.2, 0) is 13.1 Å². The van der Waals surface area contributed by atoms with E-state index in [1.165, 1.54) is 75.1 Å². The Hall–Kier alpha value is -5.30. The van der Waals surface area contributed by atoms with E-state index in [9.17, 15) is 0 Å². The van der Waals surface area contributed by atoms with Gasteiger partial charge in [-0.1, -0.05) is 133 Å². The lowest BCUT2D eigenvalue weighted by molar-refractivity contribution is -0.247. The molecule has 0 spiro atoms. The van der Waals surface area contributed by atoms with E-state index in [4.69, 9.17) is 0 Å². The molecule has 230 valence electrons. The van der Waals surface area contributed by atoms with Crippen LogP contribution in [0.25, 0.3) is 58.4 Å². The summed E-state index contributed by atoms with van der Waals surface area (Å²) in [4.78, 5) is 0. The van der Waals surface area contributed by atoms with Gasteiger partial charge in [0.15, 0.2) is 0 Å². The number of hydrogen-bond donors (Lipinski definition) is 1. The second kappa shape index (κ2) is 11.2. The fourth-order valence-corrected chi connectivity index (χ4v) is 8.89. The lowest BCUT2D eigenvalue weighted by Crippen LogP contribution is -2.66. The number of aromatic nitrogens is 1. The molecule has 1 fully saturated rings. The molecular weight excluding hydrogens is 605 g/mol. The number of nitrogens with zero attached hydrogens (tertiary/aromatic N) is 3. The Bertz CT molecular complexity index is 2600. The quantitative estimate of drug-likeness (QED) is 0.196. The molecule has 48 heavy (non-hydrogen) atoms. The summed E-state index contributed by atoms with van der Waals surface area (Å²) < 4.78 is 5.19. The van der Waals surface area contributed by atoms with Gasteiger partial charge in [0.05, 0.1) is 17.6 Å². The number of fused-ring (bicyclic) bond motifs is 10. The third-order valence-corrected chi connectivity index (χ3v) is 11.1. The molecule has 2 aromatic heterocycles. The van der Waals surface area contributed by atoms with E-state index in [1.807, 2.05) is 11.3 Å². The molecule has 0 radical (unpaired) electrons. The minimum atomic E-state index is 0.126. The SMILES string of the molecule is c1ccc(CN2NC(c3ccccc3)N2Cc2ccc(-n3c4ccccc4c4c5c6ccccc6sc5c5ccccc5c43)cc2)cc1. The zero-order valence-corrected chi connectivity index (χ0v) is 27.1. The van der Waals surface area contributed by atoms with Crippen LogP contribution in [0, 0.1) is 0 Å². The molecule has 10 rings (SSSR count). The third kappa shape index (κ3) is 4.33. The van der Waals surface area contributed by atoms with E-state index in [2.05, 4.69) is 178 Å². The molecular formula is C43H32N4S. The van der Waals surface area contributed by atoms with E-state index < -0.39 is 0 Å². The summed E-state index contributed by atoms with van der Waals surface area (Å²) in [5, 5.41) is 12.6. The highest BCUT2D eigenvalue weighted by Crippen LogP contribution is 2.47. The maximum absolute atomic E-state index is 3.69. The van der Waals surface area contributed by atoms with Gasteiger partial charge in [-0.15, -0.1) is 11.3 Å². The van der Waals surface area contributed by atoms with Gasteiger partial charge in [0.1, 0.15) is 6.17 Å². The summed E-state index contributed by atoms with van der Waals surface area (Å²) in [5.41, 5.74) is 11.2. The van der Waals surface area contributed by atoms with Crippen molar-refractivity contribution in [3.63, 3.8) is 0 Å². The highest BCUT2D eigenvalue weighted by molar-refractivity contribution is 7.27. The summed E-state index contributed by atoms with van der Waals surface area (Å²) >= 11 is 1.91. The zero-order valence-electron chi connectivity index (χ0n) is 26.3. The topological polar surface area (TPSA) is 23.4 Å². The Balaban J connectivity index is 1.10. The van der Waals surface area contributed by atoms with Crippen molar-refractivity contribution < 1.29 is 0 Å². The Morgan fingerprint density at radius 1 is 0.521 bits per heavy atom. The zero-order chi connectivity index (χ0) is 31.6. The van der Waals surface area contributed by atoms with Crippen molar-refractivity contribution in [2.45, 2.75) is 19.3 Å². The molecule has 1 atom stereocenters. The largest absolute Gasteiger partial charge is 0.309 e. The van der Waals surface area contributed by atoms with Crippen molar-refractivity contribution in [3.8, 4) is 5.69 Å². The van der Waals surface area contributed by atoms with Gasteiger partial charge in [0, 0.05) is 53.9 Å². The molecule has 1 N–H and O–H groups in total. The Kier molecular flexibility index (Phi) is 6.45. The Morgan fingerprint density at radius 2 is 1.15 bits per heavy atom. The van der Waals surface area contributed by atoms with E-state index in [-0.39, 0.29) is 6.17 Å². The van der Waals surface area contributed by atoms with Gasteiger partial charge in [0.2, 0.25) is 0 Å². The van der Waals surface area contributed by atoms with E-state index in [0.29, 0.717) is 0 Å². The van der Waals surface area contributed by atoms with Gasteiger partial charge in [-0.3, -0.25) is 0 Å². The first-order valence-electron chi connectivity index (χ1n) is 16.6. The Labute approximate surface area is 282 Å². The minimum Gasteiger partial charge on any atom is -0.309 e. The second-order valence-corrected chi connectivity index (χ2v) is 13.7. The standard InChI is InChI=1S/C43H32N4S/c1-3-13-29(14-4-1)28-46-44-43(31-15-5-2-6-16-31)45(46)27-30-23-25-32(26-24-30)47-37-21-11-9-19-35(37)39-40-36-20-10-12-22-38(36)48-42(40)34-18-8-7-17-33(34)41(39)47/h1-26,43-44H,27-28H2. The summed E-state index contributed by atoms with van der Waals surface area (Å²) in [5.74, 6) is 0. The highest BCUT2D eigenvalue weighted by atomic mass is 32.1. The monoisotopic (exact) mass is 636 g/mol. The predicted octanol–water partition coefficient (Wildman–Crippen LogP) is 10.7. The van der Waals surface area contributed by atoms with Gasteiger partial charge < -0.3 is 4.57 Å². The summed E-state index contributed by atoms with van der Waals surface area (Å²) in [6, 6.07) is 57.3. The average Bonchev–Trinajstić information content (AvgIpc) is 3.70. The van der Waals surface area contributed by atoms with Gasteiger partial charge in [0.25, 0.3) is 0 Å². The van der Waals surface area contributed by atoms with Crippen molar-refractivity contribution >= 4 is 64.1 Å². The first-order valence-corrected chi connectivity index (χ1v) is 17.4. The third-order valence-electron chi connectivity index (χ3n) is 9.86. The molecule has 9 aromatic rings. The van der Waals surface area contributed by atoms with Crippen LogP contribution in [0.1, 0.15) is 22.9 Å². The molecule has 0 saturated carbocycles. The number of para-hydroxylation sites is 1. The Morgan fingerprint density at radius 3 is 1.94 bits per heavy atom. The first kappa shape index (κ1) is 27.8. The van der Waals surface area contributed by atoms with Crippen molar-refractivity contribution in [1.29, 1.82) is 0 Å². The summed E-state index contributed by atoms with van der Waals surface area (Å²) in [6.07, 6.45) is 0.126. The minimum absolute atomic E-state index is 0.126. The van der Waals surface area contributed by atoms with E-state index in [0.717, 1.165) is 13.1 Å². The van der Waals surface area contributed by atoms with Crippen molar-refractivity contribution in [1.82, 2.24) is 20.1 Å². The van der Waals surface area contributed by atoms with Crippen LogP contribution in [0.4, 0.5) is 0 Å². The molecule has 0 bridgehead atoms. The van der Waals surface area contributed by atoms with Crippen LogP contribution >= 0.6 is 11.3 Å². The van der Waals surface area contributed by atoms with Crippen LogP contribution < -0.4 is 5.43 Å². The fraction of sp³-hybridized carbons (Fsp3) is 0.0698. The predicted molar refractivity (Wildman–Crippen MR) is 201 cm³/mol. The average molecular weight is 637 g/mol. The molecule has 1 saturated heterocycles. The van der Waals surface area contributed by atoms with Crippen molar-refractivity contribution in [3.05, 3.63) is 174 Å². The molecule has 3 heterocycles. The molecule has 7 aromatic carbocycles. The van der Waals surface area contributed by atoms with Gasteiger partial charge in [-0.05, 0) is 41.0 Å². The van der Waals surface area contributed by atoms with E-state index in [1.54, 1.807) is 0 Å². The number of hydrazine groups is 2. The smallest absolute Gasteiger partial charge is 0.115 e. The molecule has 1 unspecified atom stereocenters. The first-order chi connectivity index (χ1) is 23.8. The molecule has 5 heteroatoms. The molecule has 4 nitrogen and oxygen atoms in total. The number of rotatable bonds is 6. The lowest BCUT2D eigenvalue weighted by Gasteiger charge is -2.52. The molecule has 1 aliphatic heterocycles. The van der Waals surface area contributed by atoms with Crippen LogP contribution in [0.15, 0.2) is 158 Å². The number of thiophene rings is 1. The highest BCUT2D eigenvalue weighted by Gasteiger charge is 2.37. The van der Waals surface area contributed by atoms with Gasteiger partial charge >= 0.3 is 0 Å². The second-order valence-electron chi connectivity index (χ2n) is 12.7. The number of nitrogens with one attached hydrogen (secondary N) is 1. The number of hydrogen-bond acceptors (Lipinski definition) is 4. The maximum atomic E-state index is 3.69. The fourth-order valence-electron chi connectivity index (χ4n) is 7.64. The summed E-state index contributed by atoms with van der Waals surface area (Å²) in [7, 11) is 0.